The summed E-state index contributed by atoms with van der Waals surface area (Å²) in [5, 5.41) is 6.33. The summed E-state index contributed by atoms with van der Waals surface area (Å²) >= 11 is 6.72. The Kier molecular flexibility index (Phi) is 6.03. The molecule has 0 bridgehead atoms. The smallest absolute Gasteiger partial charge is 0.251 e. The molecule has 1 atom stereocenters. The molecule has 1 heterocycles. The molecule has 0 aliphatic heterocycles. The molecule has 2 aromatic rings. The summed E-state index contributed by atoms with van der Waals surface area (Å²) in [6, 6.07) is 9.50. The monoisotopic (exact) mass is 399 g/mol. The number of hydrogen-bond donors (Lipinski definition) is 3. The van der Waals surface area contributed by atoms with E-state index in [2.05, 4.69) is 17.6 Å². The van der Waals surface area contributed by atoms with Crippen molar-refractivity contribution in [2.45, 2.75) is 26.2 Å². The fourth-order valence-corrected chi connectivity index (χ4v) is 4.81. The third kappa shape index (κ3) is 4.81. The molecule has 0 saturated heterocycles. The maximum atomic E-state index is 12.1. The second-order valence-electron chi connectivity index (χ2n) is 6.61. The number of amides is 2. The first-order valence-electron chi connectivity index (χ1n) is 8.73. The van der Waals surface area contributed by atoms with Gasteiger partial charge in [0.2, 0.25) is 5.91 Å². The second-order valence-corrected chi connectivity index (χ2v) is 8.12. The zero-order valence-electron chi connectivity index (χ0n) is 15.0. The van der Waals surface area contributed by atoms with Crippen LogP contribution in [0.25, 0.3) is 6.08 Å². The molecular formula is C20H21N3O2S2. The molecule has 0 saturated carbocycles. The summed E-state index contributed by atoms with van der Waals surface area (Å²) in [7, 11) is 0. The van der Waals surface area contributed by atoms with Gasteiger partial charge in [0.1, 0.15) is 5.00 Å². The average Bonchev–Trinajstić information content (AvgIpc) is 2.97. The third-order valence-corrected chi connectivity index (χ3v) is 5.82. The van der Waals surface area contributed by atoms with E-state index in [9.17, 15) is 9.59 Å². The molecule has 27 heavy (non-hydrogen) atoms. The Balaban J connectivity index is 1.68. The third-order valence-electron chi connectivity index (χ3n) is 4.45. The lowest BCUT2D eigenvalue weighted by Gasteiger charge is -2.18. The summed E-state index contributed by atoms with van der Waals surface area (Å²) < 4.78 is 0. The van der Waals surface area contributed by atoms with Crippen LogP contribution in [0.2, 0.25) is 0 Å². The fourth-order valence-electron chi connectivity index (χ4n) is 3.12. The van der Waals surface area contributed by atoms with Gasteiger partial charge in [-0.2, -0.15) is 0 Å². The van der Waals surface area contributed by atoms with Gasteiger partial charge in [-0.3, -0.25) is 14.9 Å². The maximum absolute atomic E-state index is 12.1. The van der Waals surface area contributed by atoms with Crippen molar-refractivity contribution in [2.24, 2.45) is 11.7 Å². The topological polar surface area (TPSA) is 84.2 Å². The number of carbonyl (C=O) groups is 2. The fraction of sp³-hybridized carbons (Fsp3) is 0.250. The Labute approximate surface area is 167 Å². The normalized spacial score (nSPS) is 16.0. The molecule has 7 heteroatoms. The summed E-state index contributed by atoms with van der Waals surface area (Å²) in [5.74, 6) is -0.228. The van der Waals surface area contributed by atoms with Crippen molar-refractivity contribution in [3.63, 3.8) is 0 Å². The Bertz CT molecular complexity index is 903. The Hall–Kier alpha value is -2.51. The number of thiophene rings is 1. The Morgan fingerprint density at radius 3 is 2.74 bits per heavy atom. The molecule has 140 valence electrons. The Morgan fingerprint density at radius 2 is 2.04 bits per heavy atom. The predicted octanol–water partition coefficient (Wildman–Crippen LogP) is 3.50. The van der Waals surface area contributed by atoms with Crippen molar-refractivity contribution in [3.05, 3.63) is 58.0 Å². The van der Waals surface area contributed by atoms with Crippen molar-refractivity contribution >= 4 is 51.6 Å². The minimum Gasteiger partial charge on any atom is -0.365 e. The van der Waals surface area contributed by atoms with Gasteiger partial charge >= 0.3 is 0 Å². The van der Waals surface area contributed by atoms with Gasteiger partial charge in [-0.25, -0.2) is 0 Å². The van der Waals surface area contributed by atoms with Crippen LogP contribution in [0.5, 0.6) is 0 Å². The highest BCUT2D eigenvalue weighted by atomic mass is 32.1. The molecule has 0 fully saturated rings. The lowest BCUT2D eigenvalue weighted by Crippen LogP contribution is -2.33. The van der Waals surface area contributed by atoms with Crippen LogP contribution < -0.4 is 16.4 Å². The lowest BCUT2D eigenvalue weighted by atomic mass is 9.88. The van der Waals surface area contributed by atoms with Crippen LogP contribution >= 0.6 is 23.6 Å². The molecule has 3 rings (SSSR count). The summed E-state index contributed by atoms with van der Waals surface area (Å²) in [4.78, 5) is 25.2. The van der Waals surface area contributed by atoms with Crippen LogP contribution in [0.1, 0.15) is 39.7 Å². The van der Waals surface area contributed by atoms with Crippen molar-refractivity contribution in [1.29, 1.82) is 0 Å². The van der Waals surface area contributed by atoms with Crippen molar-refractivity contribution in [2.75, 3.05) is 5.32 Å². The van der Waals surface area contributed by atoms with Gasteiger partial charge in [-0.05, 0) is 54.6 Å². The van der Waals surface area contributed by atoms with Crippen LogP contribution in [-0.4, -0.2) is 16.9 Å². The van der Waals surface area contributed by atoms with Crippen molar-refractivity contribution in [3.8, 4) is 0 Å². The number of nitrogens with one attached hydrogen (secondary N) is 2. The molecular weight excluding hydrogens is 378 g/mol. The van der Waals surface area contributed by atoms with Crippen LogP contribution in [0.15, 0.2) is 36.4 Å². The molecule has 4 N–H and O–H groups in total. The number of benzene rings is 1. The van der Waals surface area contributed by atoms with Crippen molar-refractivity contribution < 1.29 is 9.59 Å². The first kappa shape index (κ1) is 19.3. The molecule has 1 aromatic carbocycles. The highest BCUT2D eigenvalue weighted by Crippen LogP contribution is 2.39. The zero-order valence-corrected chi connectivity index (χ0v) is 16.6. The average molecular weight is 400 g/mol. The van der Waals surface area contributed by atoms with E-state index < -0.39 is 5.91 Å². The number of hydrogen-bond acceptors (Lipinski definition) is 4. The standard InChI is InChI=1S/C20H21N3O2S2/c1-12-7-9-14-15(11-12)27-19(17(14)18(21)25)23-20(26)22-16(24)10-8-13-5-3-2-4-6-13/h2-6,8,10,12H,7,9,11H2,1H3,(H2,21,25)(H2,22,23,24,26). The number of rotatable bonds is 4. The van der Waals surface area contributed by atoms with Gasteiger partial charge in [0.25, 0.3) is 5.91 Å². The molecule has 5 nitrogen and oxygen atoms in total. The number of thiocarbonyl (C=S) groups is 1. The van der Waals surface area contributed by atoms with Gasteiger partial charge < -0.3 is 11.1 Å². The minimum absolute atomic E-state index is 0.145. The van der Waals surface area contributed by atoms with Crippen LogP contribution in [0.3, 0.4) is 0 Å². The molecule has 1 aliphatic carbocycles. The van der Waals surface area contributed by atoms with E-state index >= 15 is 0 Å². The van der Waals surface area contributed by atoms with E-state index in [0.29, 0.717) is 16.5 Å². The largest absolute Gasteiger partial charge is 0.365 e. The first-order valence-corrected chi connectivity index (χ1v) is 9.96. The number of nitrogens with two attached hydrogens (primary N) is 1. The summed E-state index contributed by atoms with van der Waals surface area (Å²) in [5.41, 5.74) is 8.03. The molecule has 1 unspecified atom stereocenters. The second kappa shape index (κ2) is 8.45. The highest BCUT2D eigenvalue weighted by molar-refractivity contribution is 7.80. The Morgan fingerprint density at radius 1 is 1.30 bits per heavy atom. The highest BCUT2D eigenvalue weighted by Gasteiger charge is 2.26. The summed E-state index contributed by atoms with van der Waals surface area (Å²) in [6.07, 6.45) is 5.93. The maximum Gasteiger partial charge on any atom is 0.251 e. The van der Waals surface area contributed by atoms with Crippen LogP contribution in [0.4, 0.5) is 5.00 Å². The summed E-state index contributed by atoms with van der Waals surface area (Å²) in [6.45, 7) is 2.20. The van der Waals surface area contributed by atoms with Crippen molar-refractivity contribution in [1.82, 2.24) is 5.32 Å². The van der Waals surface area contributed by atoms with Crippen LogP contribution in [0, 0.1) is 5.92 Å². The zero-order chi connectivity index (χ0) is 19.4. The number of fused-ring (bicyclic) bond motifs is 1. The van der Waals surface area contributed by atoms with Crippen LogP contribution in [-0.2, 0) is 17.6 Å². The minimum atomic E-state index is -0.470. The first-order chi connectivity index (χ1) is 12.9. The van der Waals surface area contributed by atoms with E-state index in [1.807, 2.05) is 30.3 Å². The molecule has 1 aliphatic rings. The number of anilines is 1. The molecule has 1 aromatic heterocycles. The van der Waals surface area contributed by atoms with Gasteiger partial charge in [0.15, 0.2) is 5.11 Å². The van der Waals surface area contributed by atoms with E-state index in [-0.39, 0.29) is 11.0 Å². The van der Waals surface area contributed by atoms with Gasteiger partial charge in [-0.1, -0.05) is 37.3 Å². The van der Waals surface area contributed by atoms with E-state index in [1.54, 1.807) is 6.08 Å². The van der Waals surface area contributed by atoms with E-state index in [0.717, 1.165) is 30.4 Å². The van der Waals surface area contributed by atoms with Gasteiger partial charge in [0, 0.05) is 11.0 Å². The quantitative estimate of drug-likeness (QED) is 0.543. The van der Waals surface area contributed by atoms with E-state index in [4.69, 9.17) is 18.0 Å². The van der Waals surface area contributed by atoms with Gasteiger partial charge in [-0.15, -0.1) is 11.3 Å². The van der Waals surface area contributed by atoms with E-state index in [1.165, 1.54) is 22.3 Å². The number of primary amides is 1. The SMILES string of the molecule is CC1CCc2c(sc(NC(=S)NC(=O)C=Cc3ccccc3)c2C(N)=O)C1. The molecule has 0 radical (unpaired) electrons. The molecule has 0 spiro atoms. The lowest BCUT2D eigenvalue weighted by molar-refractivity contribution is -0.115. The predicted molar refractivity (Wildman–Crippen MR) is 114 cm³/mol. The number of carbonyl (C=O) groups excluding carboxylic acids is 2. The molecule has 2 amide bonds. The van der Waals surface area contributed by atoms with Gasteiger partial charge in [0.05, 0.1) is 5.56 Å².